The maximum absolute atomic E-state index is 10.8. The lowest BCUT2D eigenvalue weighted by molar-refractivity contribution is 0.413. The SMILES string of the molecule is COc1cc(CS(=O)(=O)Cl)ccc1C#N. The third-order valence-electron chi connectivity index (χ3n) is 1.73. The molecule has 4 nitrogen and oxygen atoms in total. The Morgan fingerprint density at radius 2 is 2.20 bits per heavy atom. The quantitative estimate of drug-likeness (QED) is 0.759. The highest BCUT2D eigenvalue weighted by molar-refractivity contribution is 8.13. The van der Waals surface area contributed by atoms with Gasteiger partial charge in [0.1, 0.15) is 11.8 Å². The van der Waals surface area contributed by atoms with Crippen LogP contribution in [0.5, 0.6) is 5.75 Å². The molecule has 1 aromatic rings. The Morgan fingerprint density at radius 3 is 2.67 bits per heavy atom. The third-order valence-corrected chi connectivity index (χ3v) is 2.73. The van der Waals surface area contributed by atoms with Gasteiger partial charge in [0.25, 0.3) is 0 Å². The van der Waals surface area contributed by atoms with Crippen molar-refractivity contribution in [3.63, 3.8) is 0 Å². The molecule has 0 aromatic heterocycles. The van der Waals surface area contributed by atoms with Crippen molar-refractivity contribution in [2.24, 2.45) is 0 Å². The van der Waals surface area contributed by atoms with E-state index < -0.39 is 9.05 Å². The number of halogens is 1. The zero-order valence-electron chi connectivity index (χ0n) is 7.90. The Kier molecular flexibility index (Phi) is 3.56. The molecular weight excluding hydrogens is 238 g/mol. The minimum Gasteiger partial charge on any atom is -0.495 e. The van der Waals surface area contributed by atoms with Gasteiger partial charge in [-0.2, -0.15) is 5.26 Å². The van der Waals surface area contributed by atoms with E-state index in [9.17, 15) is 8.42 Å². The molecule has 0 heterocycles. The van der Waals surface area contributed by atoms with Crippen molar-refractivity contribution in [2.75, 3.05) is 7.11 Å². The van der Waals surface area contributed by atoms with E-state index in [0.29, 0.717) is 16.9 Å². The van der Waals surface area contributed by atoms with Crippen LogP contribution in [-0.2, 0) is 14.8 Å². The van der Waals surface area contributed by atoms with Gasteiger partial charge in [-0.25, -0.2) is 8.42 Å². The summed E-state index contributed by atoms with van der Waals surface area (Å²) >= 11 is 0. The van der Waals surface area contributed by atoms with Crippen LogP contribution >= 0.6 is 10.7 Å². The standard InChI is InChI=1S/C9H8ClNO3S/c1-14-9-4-7(6-15(10,12)13)2-3-8(9)5-11/h2-4H,6H2,1H3. The van der Waals surface area contributed by atoms with E-state index in [-0.39, 0.29) is 5.75 Å². The minimum atomic E-state index is -3.59. The molecule has 1 rings (SSSR count). The van der Waals surface area contributed by atoms with Crippen LogP contribution in [0.25, 0.3) is 0 Å². The largest absolute Gasteiger partial charge is 0.495 e. The van der Waals surface area contributed by atoms with Gasteiger partial charge in [-0.05, 0) is 17.7 Å². The molecule has 80 valence electrons. The monoisotopic (exact) mass is 245 g/mol. The maximum atomic E-state index is 10.8. The number of nitrogens with zero attached hydrogens (tertiary/aromatic N) is 1. The molecule has 0 radical (unpaired) electrons. The van der Waals surface area contributed by atoms with Crippen molar-refractivity contribution < 1.29 is 13.2 Å². The van der Waals surface area contributed by atoms with Crippen LogP contribution in [0.1, 0.15) is 11.1 Å². The topological polar surface area (TPSA) is 67.2 Å². The van der Waals surface area contributed by atoms with E-state index in [2.05, 4.69) is 0 Å². The maximum Gasteiger partial charge on any atom is 0.236 e. The first-order chi connectivity index (χ1) is 6.96. The summed E-state index contributed by atoms with van der Waals surface area (Å²) in [6.45, 7) is 0. The Balaban J connectivity index is 3.10. The number of methoxy groups -OCH3 is 1. The van der Waals surface area contributed by atoms with Crippen molar-refractivity contribution in [2.45, 2.75) is 5.75 Å². The Bertz CT molecular complexity index is 505. The van der Waals surface area contributed by atoms with Crippen LogP contribution in [-0.4, -0.2) is 15.5 Å². The molecule has 0 bridgehead atoms. The van der Waals surface area contributed by atoms with Crippen molar-refractivity contribution in [1.29, 1.82) is 5.26 Å². The van der Waals surface area contributed by atoms with E-state index in [0.717, 1.165) is 0 Å². The normalized spacial score (nSPS) is 10.7. The average molecular weight is 246 g/mol. The summed E-state index contributed by atoms with van der Waals surface area (Å²) in [5.41, 5.74) is 0.842. The first kappa shape index (κ1) is 11.8. The Labute approximate surface area is 92.5 Å². The van der Waals surface area contributed by atoms with Gasteiger partial charge in [0.15, 0.2) is 0 Å². The van der Waals surface area contributed by atoms with Crippen LogP contribution in [0.15, 0.2) is 18.2 Å². The van der Waals surface area contributed by atoms with Gasteiger partial charge in [-0.15, -0.1) is 0 Å². The van der Waals surface area contributed by atoms with Crippen LogP contribution in [0.2, 0.25) is 0 Å². The predicted molar refractivity (Wildman–Crippen MR) is 56.2 cm³/mol. The number of hydrogen-bond acceptors (Lipinski definition) is 4. The van der Waals surface area contributed by atoms with Gasteiger partial charge in [0, 0.05) is 10.7 Å². The summed E-state index contributed by atoms with van der Waals surface area (Å²) in [5, 5.41) is 8.70. The van der Waals surface area contributed by atoms with Gasteiger partial charge in [0.2, 0.25) is 9.05 Å². The molecule has 0 unspecified atom stereocenters. The van der Waals surface area contributed by atoms with Gasteiger partial charge >= 0.3 is 0 Å². The summed E-state index contributed by atoms with van der Waals surface area (Å²) in [5.74, 6) is 0.0618. The number of benzene rings is 1. The molecule has 0 fully saturated rings. The Hall–Kier alpha value is -1.25. The molecule has 0 aliphatic heterocycles. The fraction of sp³-hybridized carbons (Fsp3) is 0.222. The summed E-state index contributed by atoms with van der Waals surface area (Å²) < 4.78 is 26.6. The highest BCUT2D eigenvalue weighted by Gasteiger charge is 2.10. The number of rotatable bonds is 3. The number of hydrogen-bond donors (Lipinski definition) is 0. The second-order valence-corrected chi connectivity index (χ2v) is 5.61. The lowest BCUT2D eigenvalue weighted by atomic mass is 10.1. The van der Waals surface area contributed by atoms with Crippen molar-refractivity contribution in [3.05, 3.63) is 29.3 Å². The predicted octanol–water partition coefficient (Wildman–Crippen LogP) is 1.64. The van der Waals surface area contributed by atoms with E-state index in [4.69, 9.17) is 20.7 Å². The van der Waals surface area contributed by atoms with E-state index in [1.165, 1.54) is 25.3 Å². The lowest BCUT2D eigenvalue weighted by Crippen LogP contribution is -1.96. The molecule has 1 aromatic carbocycles. The summed E-state index contributed by atoms with van der Waals surface area (Å²) in [4.78, 5) is 0. The van der Waals surface area contributed by atoms with Gasteiger partial charge < -0.3 is 4.74 Å². The van der Waals surface area contributed by atoms with Gasteiger partial charge in [0.05, 0.1) is 18.4 Å². The second kappa shape index (κ2) is 4.51. The van der Waals surface area contributed by atoms with Gasteiger partial charge in [-0.1, -0.05) is 6.07 Å². The third kappa shape index (κ3) is 3.42. The molecule has 0 saturated carbocycles. The van der Waals surface area contributed by atoms with Crippen molar-refractivity contribution in [1.82, 2.24) is 0 Å². The van der Waals surface area contributed by atoms with Crippen LogP contribution in [0.4, 0.5) is 0 Å². The smallest absolute Gasteiger partial charge is 0.236 e. The van der Waals surface area contributed by atoms with E-state index in [1.54, 1.807) is 0 Å². The molecule has 0 spiro atoms. The van der Waals surface area contributed by atoms with E-state index in [1.807, 2.05) is 6.07 Å². The van der Waals surface area contributed by atoms with Crippen molar-refractivity contribution >= 4 is 19.7 Å². The Morgan fingerprint density at radius 1 is 1.53 bits per heavy atom. The van der Waals surface area contributed by atoms with E-state index >= 15 is 0 Å². The minimum absolute atomic E-state index is 0.281. The average Bonchev–Trinajstić information content (AvgIpc) is 2.15. The molecule has 15 heavy (non-hydrogen) atoms. The van der Waals surface area contributed by atoms with Crippen LogP contribution < -0.4 is 4.74 Å². The zero-order valence-corrected chi connectivity index (χ0v) is 9.47. The molecule has 0 N–H and O–H groups in total. The molecule has 0 atom stereocenters. The van der Waals surface area contributed by atoms with Crippen LogP contribution in [0, 0.1) is 11.3 Å². The van der Waals surface area contributed by atoms with Crippen molar-refractivity contribution in [3.8, 4) is 11.8 Å². The molecular formula is C9H8ClNO3S. The number of ether oxygens (including phenoxy) is 1. The molecule has 0 aliphatic rings. The lowest BCUT2D eigenvalue weighted by Gasteiger charge is -2.04. The second-order valence-electron chi connectivity index (χ2n) is 2.83. The first-order valence-electron chi connectivity index (χ1n) is 3.95. The first-order valence-corrected chi connectivity index (χ1v) is 6.43. The molecule has 0 aliphatic carbocycles. The fourth-order valence-corrected chi connectivity index (χ4v) is 2.07. The summed E-state index contributed by atoms with van der Waals surface area (Å²) in [7, 11) is 2.93. The zero-order chi connectivity index (χ0) is 11.5. The molecule has 6 heteroatoms. The highest BCUT2D eigenvalue weighted by Crippen LogP contribution is 2.21. The number of nitriles is 1. The summed E-state index contributed by atoms with van der Waals surface area (Å²) in [6, 6.07) is 6.44. The van der Waals surface area contributed by atoms with Crippen LogP contribution in [0.3, 0.4) is 0 Å². The molecule has 0 amide bonds. The van der Waals surface area contributed by atoms with Gasteiger partial charge in [-0.3, -0.25) is 0 Å². The fourth-order valence-electron chi connectivity index (χ4n) is 1.12. The molecule has 0 saturated heterocycles. The summed E-state index contributed by atoms with van der Waals surface area (Å²) in [6.07, 6.45) is 0. The highest BCUT2D eigenvalue weighted by atomic mass is 35.7.